The van der Waals surface area contributed by atoms with E-state index in [1.54, 1.807) is 73.7 Å². The lowest BCUT2D eigenvalue weighted by atomic mass is 10.1. The first kappa shape index (κ1) is 30.0. The molecule has 3 aromatic rings. The van der Waals surface area contributed by atoms with Crippen molar-refractivity contribution in [3.8, 4) is 5.75 Å². The van der Waals surface area contributed by atoms with E-state index in [1.165, 1.54) is 24.1 Å². The summed E-state index contributed by atoms with van der Waals surface area (Å²) in [6, 6.07) is 20.4. The normalized spacial score (nSPS) is 12.4. The number of hydrogen-bond donors (Lipinski definition) is 1. The van der Waals surface area contributed by atoms with Gasteiger partial charge in [-0.2, -0.15) is 0 Å². The van der Waals surface area contributed by atoms with Gasteiger partial charge < -0.3 is 15.0 Å². The van der Waals surface area contributed by atoms with E-state index in [4.69, 9.17) is 16.3 Å². The fraction of sp³-hybridized carbons (Fsp3) is 0.310. The average molecular weight is 572 g/mol. The van der Waals surface area contributed by atoms with Crippen LogP contribution in [0.4, 0.5) is 5.69 Å². The molecule has 10 heteroatoms. The molecule has 0 saturated heterocycles. The Bertz CT molecular complexity index is 1410. The summed E-state index contributed by atoms with van der Waals surface area (Å²) in [5.74, 6) is -0.519. The summed E-state index contributed by atoms with van der Waals surface area (Å²) in [6.07, 6.45) is 0. The molecule has 0 heterocycles. The number of carbonyl (C=O) groups is 2. The van der Waals surface area contributed by atoms with Crippen LogP contribution in [0.5, 0.6) is 5.75 Å². The van der Waals surface area contributed by atoms with Gasteiger partial charge in [0.05, 0.1) is 17.7 Å². The number of nitrogens with zero attached hydrogens (tertiary/aromatic N) is 2. The van der Waals surface area contributed by atoms with Crippen molar-refractivity contribution < 1.29 is 22.7 Å². The molecule has 1 N–H and O–H groups in total. The molecule has 0 bridgehead atoms. The maximum atomic E-state index is 14.0. The van der Waals surface area contributed by atoms with Gasteiger partial charge in [-0.15, -0.1) is 0 Å². The first-order valence-corrected chi connectivity index (χ1v) is 14.2. The largest absolute Gasteiger partial charge is 0.497 e. The van der Waals surface area contributed by atoms with Crippen molar-refractivity contribution in [3.05, 3.63) is 89.4 Å². The number of sulfonamides is 1. The monoisotopic (exact) mass is 571 g/mol. The van der Waals surface area contributed by atoms with Crippen molar-refractivity contribution in [1.29, 1.82) is 0 Å². The van der Waals surface area contributed by atoms with Crippen molar-refractivity contribution in [2.45, 2.75) is 50.7 Å². The SMILES string of the molecule is COc1cccc(N(CC(=O)N(Cc2ccccc2Cl)[C@H](C)C(=O)NC(C)(C)C)S(=O)(=O)c2ccccc2)c1. The van der Waals surface area contributed by atoms with Crippen LogP contribution in [0.2, 0.25) is 5.02 Å². The van der Waals surface area contributed by atoms with Gasteiger partial charge >= 0.3 is 0 Å². The van der Waals surface area contributed by atoms with Gasteiger partial charge in [0, 0.05) is 23.2 Å². The summed E-state index contributed by atoms with van der Waals surface area (Å²) >= 11 is 6.39. The highest BCUT2D eigenvalue weighted by molar-refractivity contribution is 7.92. The van der Waals surface area contributed by atoms with Crippen molar-refractivity contribution in [1.82, 2.24) is 10.2 Å². The lowest BCUT2D eigenvalue weighted by Gasteiger charge is -2.33. The molecule has 0 aliphatic rings. The van der Waals surface area contributed by atoms with Crippen LogP contribution in [0.25, 0.3) is 0 Å². The fourth-order valence-corrected chi connectivity index (χ4v) is 5.50. The molecule has 0 aliphatic heterocycles. The maximum absolute atomic E-state index is 14.0. The quantitative estimate of drug-likeness (QED) is 0.374. The van der Waals surface area contributed by atoms with Gasteiger partial charge in [0.2, 0.25) is 11.8 Å². The molecular formula is C29H34ClN3O5S. The predicted molar refractivity (Wildman–Crippen MR) is 153 cm³/mol. The van der Waals surface area contributed by atoms with Crippen LogP contribution in [0, 0.1) is 0 Å². The van der Waals surface area contributed by atoms with Gasteiger partial charge in [-0.05, 0) is 63.6 Å². The van der Waals surface area contributed by atoms with E-state index >= 15 is 0 Å². The Kier molecular flexibility index (Phi) is 9.63. The molecule has 39 heavy (non-hydrogen) atoms. The summed E-state index contributed by atoms with van der Waals surface area (Å²) in [5.41, 5.74) is 0.339. The molecule has 0 aliphatic carbocycles. The van der Waals surface area contributed by atoms with Crippen LogP contribution >= 0.6 is 11.6 Å². The molecule has 0 fully saturated rings. The van der Waals surface area contributed by atoms with E-state index in [0.29, 0.717) is 16.3 Å². The first-order chi connectivity index (χ1) is 18.3. The summed E-state index contributed by atoms with van der Waals surface area (Å²) in [7, 11) is -2.69. The summed E-state index contributed by atoms with van der Waals surface area (Å²) in [4.78, 5) is 28.5. The molecule has 3 aromatic carbocycles. The number of nitrogens with one attached hydrogen (secondary N) is 1. The Hall–Kier alpha value is -3.56. The van der Waals surface area contributed by atoms with Crippen molar-refractivity contribution in [2.75, 3.05) is 18.0 Å². The second kappa shape index (κ2) is 12.5. The van der Waals surface area contributed by atoms with Gasteiger partial charge in [-0.1, -0.05) is 54.1 Å². The number of carbonyl (C=O) groups excluding carboxylic acids is 2. The topological polar surface area (TPSA) is 96.0 Å². The van der Waals surface area contributed by atoms with E-state index < -0.39 is 34.1 Å². The standard InChI is InChI=1S/C29H34ClN3O5S/c1-21(28(35)31-29(2,3)4)32(19-22-12-9-10-17-26(22)30)27(34)20-33(23-13-11-14-24(18-23)38-5)39(36,37)25-15-7-6-8-16-25/h6-18,21H,19-20H2,1-5H3,(H,31,35)/t21-/m1/s1. The minimum Gasteiger partial charge on any atom is -0.497 e. The van der Waals surface area contributed by atoms with Crippen molar-refractivity contribution in [3.63, 3.8) is 0 Å². The summed E-state index contributed by atoms with van der Waals surface area (Å²) in [6.45, 7) is 6.59. The Labute approximate surface area is 235 Å². The number of methoxy groups -OCH3 is 1. The van der Waals surface area contributed by atoms with Crippen molar-refractivity contribution in [2.24, 2.45) is 0 Å². The number of anilines is 1. The van der Waals surface area contributed by atoms with Gasteiger partial charge in [-0.3, -0.25) is 13.9 Å². The molecule has 8 nitrogen and oxygen atoms in total. The minimum absolute atomic E-state index is 0.00850. The highest BCUT2D eigenvalue weighted by Gasteiger charge is 2.33. The van der Waals surface area contributed by atoms with Gasteiger partial charge in [0.1, 0.15) is 18.3 Å². The second-order valence-electron chi connectivity index (χ2n) is 10.1. The first-order valence-electron chi connectivity index (χ1n) is 12.4. The molecular weight excluding hydrogens is 538 g/mol. The lowest BCUT2D eigenvalue weighted by Crippen LogP contribution is -2.54. The number of ether oxygens (including phenoxy) is 1. The zero-order valence-electron chi connectivity index (χ0n) is 22.7. The number of halogens is 1. The average Bonchev–Trinajstić information content (AvgIpc) is 2.90. The minimum atomic E-state index is -4.16. The lowest BCUT2D eigenvalue weighted by molar-refractivity contribution is -0.140. The molecule has 1 atom stereocenters. The third-order valence-corrected chi connectivity index (χ3v) is 8.07. The van der Waals surface area contributed by atoms with E-state index in [9.17, 15) is 18.0 Å². The molecule has 3 rings (SSSR count). The summed E-state index contributed by atoms with van der Waals surface area (Å²) < 4.78 is 33.9. The van der Waals surface area contributed by atoms with Crippen LogP contribution in [0.15, 0.2) is 83.8 Å². The number of hydrogen-bond acceptors (Lipinski definition) is 5. The zero-order valence-corrected chi connectivity index (χ0v) is 24.3. The molecule has 0 unspecified atom stereocenters. The third kappa shape index (κ3) is 7.74. The van der Waals surface area contributed by atoms with Crippen LogP contribution in [-0.2, 0) is 26.2 Å². The van der Waals surface area contributed by atoms with Crippen molar-refractivity contribution >= 4 is 39.1 Å². The molecule has 2 amide bonds. The molecule has 0 saturated carbocycles. The second-order valence-corrected chi connectivity index (χ2v) is 12.3. The van der Waals surface area contributed by atoms with Crippen LogP contribution in [0.3, 0.4) is 0 Å². The highest BCUT2D eigenvalue weighted by atomic mass is 35.5. The van der Waals surface area contributed by atoms with E-state index in [0.717, 1.165) is 4.31 Å². The number of rotatable bonds is 10. The Balaban J connectivity index is 2.06. The Morgan fingerprint density at radius 1 is 0.974 bits per heavy atom. The van der Waals surface area contributed by atoms with E-state index in [-0.39, 0.29) is 23.0 Å². The smallest absolute Gasteiger partial charge is 0.264 e. The molecule has 0 spiro atoms. The summed E-state index contributed by atoms with van der Waals surface area (Å²) in [5, 5.41) is 3.33. The zero-order chi connectivity index (χ0) is 28.8. The Morgan fingerprint density at radius 2 is 1.62 bits per heavy atom. The number of amides is 2. The van der Waals surface area contributed by atoms with Gasteiger partial charge in [0.25, 0.3) is 10.0 Å². The van der Waals surface area contributed by atoms with E-state index in [1.807, 2.05) is 20.8 Å². The van der Waals surface area contributed by atoms with Crippen LogP contribution < -0.4 is 14.4 Å². The number of benzene rings is 3. The predicted octanol–water partition coefficient (Wildman–Crippen LogP) is 4.88. The molecule has 208 valence electrons. The van der Waals surface area contributed by atoms with Gasteiger partial charge in [0.15, 0.2) is 0 Å². The van der Waals surface area contributed by atoms with E-state index in [2.05, 4.69) is 5.32 Å². The maximum Gasteiger partial charge on any atom is 0.264 e. The van der Waals surface area contributed by atoms with Crippen LogP contribution in [0.1, 0.15) is 33.3 Å². The molecule has 0 aromatic heterocycles. The molecule has 0 radical (unpaired) electrons. The fourth-order valence-electron chi connectivity index (χ4n) is 3.88. The van der Waals surface area contributed by atoms with Gasteiger partial charge in [-0.25, -0.2) is 8.42 Å². The highest BCUT2D eigenvalue weighted by Crippen LogP contribution is 2.28. The third-order valence-electron chi connectivity index (χ3n) is 5.92. The Morgan fingerprint density at radius 3 is 2.23 bits per heavy atom. The van der Waals surface area contributed by atoms with Crippen LogP contribution in [-0.4, -0.2) is 50.4 Å².